The van der Waals surface area contributed by atoms with Crippen LogP contribution in [0.3, 0.4) is 0 Å². The number of hydrogen-bond donors (Lipinski definition) is 3. The van der Waals surface area contributed by atoms with Crippen LogP contribution in [0.2, 0.25) is 5.02 Å². The monoisotopic (exact) mass is 490 g/mol. The van der Waals surface area contributed by atoms with E-state index in [1.54, 1.807) is 37.1 Å². The lowest BCUT2D eigenvalue weighted by atomic mass is 10.1. The van der Waals surface area contributed by atoms with Crippen LogP contribution in [0.25, 0.3) is 0 Å². The molecular formula is C24H31ClN4O3S. The summed E-state index contributed by atoms with van der Waals surface area (Å²) in [5.41, 5.74) is 7.10. The molecule has 1 unspecified atom stereocenters. The van der Waals surface area contributed by atoms with E-state index in [0.717, 1.165) is 42.1 Å². The quantitative estimate of drug-likeness (QED) is 0.524. The van der Waals surface area contributed by atoms with Crippen LogP contribution in [0.4, 0.5) is 0 Å². The van der Waals surface area contributed by atoms with Gasteiger partial charge in [0.25, 0.3) is 0 Å². The first kappa shape index (κ1) is 24.2. The van der Waals surface area contributed by atoms with Gasteiger partial charge in [0.15, 0.2) is 0 Å². The van der Waals surface area contributed by atoms with Gasteiger partial charge in [-0.1, -0.05) is 11.6 Å². The van der Waals surface area contributed by atoms with Gasteiger partial charge in [0, 0.05) is 60.0 Å². The number of carbonyl (C=O) groups is 1. The Morgan fingerprint density at radius 1 is 1.30 bits per heavy atom. The topological polar surface area (TPSA) is 77.1 Å². The number of nitrogens with one attached hydrogen (secondary N) is 2. The highest BCUT2D eigenvalue weighted by Gasteiger charge is 2.39. The molecular weight excluding hydrogens is 460 g/mol. The van der Waals surface area contributed by atoms with E-state index < -0.39 is 0 Å². The number of amides is 1. The molecule has 4 rings (SSSR count). The van der Waals surface area contributed by atoms with Crippen molar-refractivity contribution in [2.45, 2.75) is 41.6 Å². The second kappa shape index (κ2) is 11.0. The molecule has 3 atom stereocenters. The number of hydrogen-bond acceptors (Lipinski definition) is 7. The minimum absolute atomic E-state index is 0.114. The normalized spacial score (nSPS) is 23.1. The summed E-state index contributed by atoms with van der Waals surface area (Å²) in [6.07, 6.45) is 1.75. The highest BCUT2D eigenvalue weighted by atomic mass is 35.5. The van der Waals surface area contributed by atoms with Gasteiger partial charge in [-0.2, -0.15) is 0 Å². The van der Waals surface area contributed by atoms with Crippen LogP contribution in [0.1, 0.15) is 18.4 Å². The fraction of sp³-hybridized carbons (Fsp3) is 0.458. The average Bonchev–Trinajstić information content (AvgIpc) is 3.46. The molecule has 2 heterocycles. The lowest BCUT2D eigenvalue weighted by molar-refractivity contribution is -0.135. The van der Waals surface area contributed by atoms with E-state index in [4.69, 9.17) is 16.3 Å². The molecule has 0 spiro atoms. The maximum Gasteiger partial charge on any atom is 0.239 e. The van der Waals surface area contributed by atoms with E-state index in [9.17, 15) is 9.90 Å². The number of likely N-dealkylation sites (tertiary alicyclic amines) is 1. The van der Waals surface area contributed by atoms with Gasteiger partial charge in [-0.15, -0.1) is 11.8 Å². The number of halogens is 1. The van der Waals surface area contributed by atoms with E-state index >= 15 is 0 Å². The first-order chi connectivity index (χ1) is 15.9. The van der Waals surface area contributed by atoms with Gasteiger partial charge in [0.1, 0.15) is 11.5 Å². The Morgan fingerprint density at radius 3 is 2.79 bits per heavy atom. The summed E-state index contributed by atoms with van der Waals surface area (Å²) in [4.78, 5) is 18.6. The molecule has 7 nitrogen and oxygen atoms in total. The molecule has 2 saturated heterocycles. The zero-order chi connectivity index (χ0) is 23.4. The summed E-state index contributed by atoms with van der Waals surface area (Å²) in [6.45, 7) is 2.79. The number of phenolic OH excluding ortho intramolecular Hbond substituents is 1. The van der Waals surface area contributed by atoms with Gasteiger partial charge in [-0.3, -0.25) is 20.5 Å². The van der Waals surface area contributed by atoms with Crippen molar-refractivity contribution in [2.75, 3.05) is 33.8 Å². The maximum atomic E-state index is 13.5. The number of ether oxygens (including phenoxy) is 1. The molecule has 178 valence electrons. The Bertz CT molecular complexity index is 955. The van der Waals surface area contributed by atoms with Crippen LogP contribution in [-0.2, 0) is 11.3 Å². The van der Waals surface area contributed by atoms with Gasteiger partial charge >= 0.3 is 0 Å². The molecule has 0 aromatic heterocycles. The minimum atomic E-state index is -0.251. The second-order valence-electron chi connectivity index (χ2n) is 8.64. The summed E-state index contributed by atoms with van der Waals surface area (Å²) >= 11 is 7.95. The predicted molar refractivity (Wildman–Crippen MR) is 132 cm³/mol. The van der Waals surface area contributed by atoms with E-state index in [1.807, 2.05) is 24.1 Å². The van der Waals surface area contributed by atoms with Crippen LogP contribution in [0.5, 0.6) is 11.5 Å². The summed E-state index contributed by atoms with van der Waals surface area (Å²) in [5.74, 6) is 1.14. The average molecular weight is 491 g/mol. The van der Waals surface area contributed by atoms with Crippen LogP contribution < -0.4 is 15.6 Å². The zero-order valence-electron chi connectivity index (χ0n) is 19.0. The number of hydrazine groups is 1. The van der Waals surface area contributed by atoms with Gasteiger partial charge in [-0.05, 0) is 55.3 Å². The van der Waals surface area contributed by atoms with Gasteiger partial charge < -0.3 is 14.7 Å². The number of likely N-dealkylation sites (N-methyl/N-ethyl adjacent to an activating group) is 1. The molecule has 9 heteroatoms. The summed E-state index contributed by atoms with van der Waals surface area (Å²) in [7, 11) is 3.54. The fourth-order valence-corrected chi connectivity index (χ4v) is 5.89. The number of thioether (sulfide) groups is 1. The molecule has 2 aliphatic rings. The molecule has 1 amide bonds. The van der Waals surface area contributed by atoms with Crippen LogP contribution >= 0.6 is 23.4 Å². The lowest BCUT2D eigenvalue weighted by Crippen LogP contribution is -2.48. The van der Waals surface area contributed by atoms with Crippen molar-refractivity contribution in [3.63, 3.8) is 0 Å². The second-order valence-corrected chi connectivity index (χ2v) is 10.5. The molecule has 0 radical (unpaired) electrons. The third-order valence-electron chi connectivity index (χ3n) is 6.22. The smallest absolute Gasteiger partial charge is 0.239 e. The summed E-state index contributed by atoms with van der Waals surface area (Å²) in [5, 5.41) is 11.2. The number of carbonyl (C=O) groups excluding carboxylic acids is 1. The zero-order valence-corrected chi connectivity index (χ0v) is 20.5. The molecule has 0 bridgehead atoms. The van der Waals surface area contributed by atoms with Gasteiger partial charge in [0.05, 0.1) is 13.2 Å². The highest BCUT2D eigenvalue weighted by Crippen LogP contribution is 2.36. The number of methoxy groups -OCH3 is 1. The Balaban J connectivity index is 1.49. The van der Waals surface area contributed by atoms with Gasteiger partial charge in [-0.25, -0.2) is 0 Å². The maximum absolute atomic E-state index is 13.5. The van der Waals surface area contributed by atoms with Crippen molar-refractivity contribution in [1.82, 2.24) is 20.7 Å². The van der Waals surface area contributed by atoms with Gasteiger partial charge in [0.2, 0.25) is 5.91 Å². The Labute approximate surface area is 204 Å². The Kier molecular flexibility index (Phi) is 8.03. The third-order valence-corrected chi connectivity index (χ3v) is 7.68. The fourth-order valence-electron chi connectivity index (χ4n) is 4.47. The van der Waals surface area contributed by atoms with Crippen molar-refractivity contribution >= 4 is 29.3 Å². The molecule has 0 aliphatic carbocycles. The van der Waals surface area contributed by atoms with Crippen molar-refractivity contribution in [3.05, 3.63) is 53.1 Å². The van der Waals surface area contributed by atoms with Crippen molar-refractivity contribution in [1.29, 1.82) is 0 Å². The SMILES string of the molecule is COc1ccc(S[C@@H]2C[C@@H](C(=O)N(C)CC3CCNN3)N(Cc3cc(Cl)ccc3O)C2)cc1. The highest BCUT2D eigenvalue weighted by molar-refractivity contribution is 8.00. The molecule has 0 saturated carbocycles. The van der Waals surface area contributed by atoms with E-state index in [-0.39, 0.29) is 29.0 Å². The number of rotatable bonds is 8. The lowest BCUT2D eigenvalue weighted by Gasteiger charge is -2.29. The van der Waals surface area contributed by atoms with E-state index in [1.165, 1.54) is 0 Å². The van der Waals surface area contributed by atoms with E-state index in [2.05, 4.69) is 27.9 Å². The van der Waals surface area contributed by atoms with Crippen molar-refractivity contribution < 1.29 is 14.6 Å². The standard InChI is InChI=1S/C24H31ClN4O3S/c1-28(14-18-9-10-26-27-18)24(31)22-12-21(33-20-6-4-19(32-2)5-7-20)15-29(22)13-16-11-17(25)3-8-23(16)30/h3-8,11,18,21-22,26-27,30H,9-10,12-15H2,1-2H3/t18?,21-,22+/m1/s1. The first-order valence-corrected chi connectivity index (χ1v) is 12.4. The number of benzene rings is 2. The number of aromatic hydroxyl groups is 1. The first-order valence-electron chi connectivity index (χ1n) is 11.2. The van der Waals surface area contributed by atoms with E-state index in [0.29, 0.717) is 18.1 Å². The predicted octanol–water partition coefficient (Wildman–Crippen LogP) is 3.11. The van der Waals surface area contributed by atoms with Crippen molar-refractivity contribution in [2.24, 2.45) is 0 Å². The largest absolute Gasteiger partial charge is 0.508 e. The summed E-state index contributed by atoms with van der Waals surface area (Å²) in [6, 6.07) is 13.1. The Hall–Kier alpha value is -1.97. The van der Waals surface area contributed by atoms with Crippen LogP contribution in [-0.4, -0.2) is 71.9 Å². The van der Waals surface area contributed by atoms with Crippen molar-refractivity contribution in [3.8, 4) is 11.5 Å². The Morgan fingerprint density at radius 2 is 2.09 bits per heavy atom. The molecule has 33 heavy (non-hydrogen) atoms. The summed E-state index contributed by atoms with van der Waals surface area (Å²) < 4.78 is 5.26. The molecule has 2 fully saturated rings. The minimum Gasteiger partial charge on any atom is -0.508 e. The van der Waals surface area contributed by atoms with Crippen LogP contribution in [0, 0.1) is 0 Å². The molecule has 2 aliphatic heterocycles. The third kappa shape index (κ3) is 6.13. The number of nitrogens with zero attached hydrogens (tertiary/aromatic N) is 2. The molecule has 2 aromatic carbocycles. The molecule has 3 N–H and O–H groups in total. The van der Waals surface area contributed by atoms with Crippen LogP contribution in [0.15, 0.2) is 47.4 Å². The number of phenols is 1. The molecule has 2 aromatic rings.